The fourth-order valence-corrected chi connectivity index (χ4v) is 3.68. The van der Waals surface area contributed by atoms with Crippen molar-refractivity contribution in [3.8, 4) is 5.75 Å². The third-order valence-electron chi connectivity index (χ3n) is 4.71. The van der Waals surface area contributed by atoms with Crippen molar-refractivity contribution in [1.82, 2.24) is 5.32 Å². The van der Waals surface area contributed by atoms with Crippen LogP contribution in [0.3, 0.4) is 0 Å². The zero-order valence-corrected chi connectivity index (χ0v) is 12.3. The van der Waals surface area contributed by atoms with E-state index in [9.17, 15) is 0 Å². The van der Waals surface area contributed by atoms with Gasteiger partial charge in [0.05, 0.1) is 6.04 Å². The third kappa shape index (κ3) is 2.51. The SMILES string of the molecule is CC1CCC(CNC2c3ccccc3OC2(C)C)C1. The minimum absolute atomic E-state index is 0.145. The number of para-hydroxylation sites is 1. The summed E-state index contributed by atoms with van der Waals surface area (Å²) in [6.07, 6.45) is 4.15. The van der Waals surface area contributed by atoms with E-state index in [2.05, 4.69) is 50.4 Å². The topological polar surface area (TPSA) is 21.3 Å². The molecule has 2 heteroatoms. The lowest BCUT2D eigenvalue weighted by atomic mass is 9.93. The molecule has 1 N–H and O–H groups in total. The molecule has 0 bridgehead atoms. The average Bonchev–Trinajstić information content (AvgIpc) is 2.87. The van der Waals surface area contributed by atoms with Gasteiger partial charge in [0.15, 0.2) is 0 Å². The first-order valence-electron chi connectivity index (χ1n) is 7.57. The van der Waals surface area contributed by atoms with Gasteiger partial charge in [-0.2, -0.15) is 0 Å². The van der Waals surface area contributed by atoms with Gasteiger partial charge in [-0.05, 0) is 51.1 Å². The van der Waals surface area contributed by atoms with Crippen LogP contribution in [-0.2, 0) is 0 Å². The van der Waals surface area contributed by atoms with Crippen LogP contribution in [0, 0.1) is 11.8 Å². The average molecular weight is 259 g/mol. The highest BCUT2D eigenvalue weighted by atomic mass is 16.5. The molecule has 1 aromatic rings. The molecule has 3 unspecified atom stereocenters. The van der Waals surface area contributed by atoms with Gasteiger partial charge in [0.25, 0.3) is 0 Å². The van der Waals surface area contributed by atoms with Gasteiger partial charge >= 0.3 is 0 Å². The van der Waals surface area contributed by atoms with Crippen molar-refractivity contribution in [3.63, 3.8) is 0 Å². The molecule has 1 fully saturated rings. The Balaban J connectivity index is 1.69. The van der Waals surface area contributed by atoms with Gasteiger partial charge in [0.2, 0.25) is 0 Å². The largest absolute Gasteiger partial charge is 0.486 e. The second-order valence-corrected chi connectivity index (χ2v) is 6.87. The summed E-state index contributed by atoms with van der Waals surface area (Å²) in [5.74, 6) is 2.80. The van der Waals surface area contributed by atoms with Gasteiger partial charge in [0, 0.05) is 5.56 Å². The van der Waals surface area contributed by atoms with Gasteiger partial charge in [-0.25, -0.2) is 0 Å². The highest BCUT2D eigenvalue weighted by Gasteiger charge is 2.40. The molecule has 104 valence electrons. The molecule has 0 amide bonds. The Morgan fingerprint density at radius 2 is 2.05 bits per heavy atom. The Labute approximate surface area is 116 Å². The molecule has 19 heavy (non-hydrogen) atoms. The first kappa shape index (κ1) is 13.0. The number of hydrogen-bond acceptors (Lipinski definition) is 2. The monoisotopic (exact) mass is 259 g/mol. The van der Waals surface area contributed by atoms with Gasteiger partial charge in [-0.15, -0.1) is 0 Å². The van der Waals surface area contributed by atoms with Gasteiger partial charge in [0.1, 0.15) is 11.4 Å². The maximum Gasteiger partial charge on any atom is 0.125 e. The minimum Gasteiger partial charge on any atom is -0.486 e. The van der Waals surface area contributed by atoms with Gasteiger partial charge in [-0.3, -0.25) is 0 Å². The van der Waals surface area contributed by atoms with Crippen LogP contribution in [0.25, 0.3) is 0 Å². The third-order valence-corrected chi connectivity index (χ3v) is 4.71. The van der Waals surface area contributed by atoms with Crippen molar-refractivity contribution in [3.05, 3.63) is 29.8 Å². The zero-order chi connectivity index (χ0) is 13.5. The van der Waals surface area contributed by atoms with Crippen LogP contribution in [0.15, 0.2) is 24.3 Å². The van der Waals surface area contributed by atoms with Crippen molar-refractivity contribution in [2.45, 2.75) is 51.7 Å². The van der Waals surface area contributed by atoms with E-state index in [1.54, 1.807) is 0 Å². The predicted octanol–water partition coefficient (Wildman–Crippen LogP) is 3.92. The van der Waals surface area contributed by atoms with Crippen molar-refractivity contribution in [1.29, 1.82) is 0 Å². The highest BCUT2D eigenvalue weighted by molar-refractivity contribution is 5.42. The molecule has 3 rings (SSSR count). The van der Waals surface area contributed by atoms with Gasteiger partial charge in [-0.1, -0.05) is 31.5 Å². The smallest absolute Gasteiger partial charge is 0.125 e. The summed E-state index contributed by atoms with van der Waals surface area (Å²) in [5, 5.41) is 3.77. The molecule has 3 atom stereocenters. The van der Waals surface area contributed by atoms with E-state index in [1.807, 2.05) is 0 Å². The molecule has 1 saturated carbocycles. The summed E-state index contributed by atoms with van der Waals surface area (Å²) in [6.45, 7) is 7.86. The first-order valence-corrected chi connectivity index (χ1v) is 7.57. The maximum absolute atomic E-state index is 6.08. The summed E-state index contributed by atoms with van der Waals surface area (Å²) < 4.78 is 6.08. The van der Waals surface area contributed by atoms with Crippen LogP contribution in [0.2, 0.25) is 0 Å². The molecule has 1 aliphatic carbocycles. The summed E-state index contributed by atoms with van der Waals surface area (Å²) in [6, 6.07) is 8.75. The number of nitrogens with one attached hydrogen (secondary N) is 1. The summed E-state index contributed by atoms with van der Waals surface area (Å²) in [7, 11) is 0. The number of ether oxygens (including phenoxy) is 1. The lowest BCUT2D eigenvalue weighted by Gasteiger charge is -2.28. The molecule has 1 aliphatic heterocycles. The molecule has 2 aliphatic rings. The highest BCUT2D eigenvalue weighted by Crippen LogP contribution is 2.43. The van der Waals surface area contributed by atoms with Crippen molar-refractivity contribution in [2.24, 2.45) is 11.8 Å². The standard InChI is InChI=1S/C17H25NO/c1-12-8-9-13(10-12)11-18-16-14-6-4-5-7-15(14)19-17(16,2)3/h4-7,12-13,16,18H,8-11H2,1-3H3. The number of hydrogen-bond donors (Lipinski definition) is 1. The van der Waals surface area contributed by atoms with Gasteiger partial charge < -0.3 is 10.1 Å². The van der Waals surface area contributed by atoms with E-state index in [4.69, 9.17) is 4.74 Å². The minimum atomic E-state index is -0.145. The number of benzene rings is 1. The summed E-state index contributed by atoms with van der Waals surface area (Å²) >= 11 is 0. The molecule has 0 spiro atoms. The first-order chi connectivity index (χ1) is 9.06. The van der Waals surface area contributed by atoms with Crippen molar-refractivity contribution >= 4 is 0 Å². The number of rotatable bonds is 3. The Morgan fingerprint density at radius 3 is 2.79 bits per heavy atom. The van der Waals surface area contributed by atoms with E-state index in [1.165, 1.54) is 24.8 Å². The predicted molar refractivity (Wildman–Crippen MR) is 78.4 cm³/mol. The maximum atomic E-state index is 6.08. The molecular weight excluding hydrogens is 234 g/mol. The van der Waals surface area contributed by atoms with E-state index >= 15 is 0 Å². The lowest BCUT2D eigenvalue weighted by Crippen LogP contribution is -2.40. The summed E-state index contributed by atoms with van der Waals surface area (Å²) in [4.78, 5) is 0. The van der Waals surface area contributed by atoms with E-state index < -0.39 is 0 Å². The normalized spacial score (nSPS) is 32.1. The van der Waals surface area contributed by atoms with E-state index in [0.717, 1.165) is 24.1 Å². The Morgan fingerprint density at radius 1 is 1.26 bits per heavy atom. The van der Waals surface area contributed by atoms with Crippen LogP contribution in [0.5, 0.6) is 5.75 Å². The molecule has 1 aromatic carbocycles. The fraction of sp³-hybridized carbons (Fsp3) is 0.647. The Hall–Kier alpha value is -1.02. The molecule has 0 saturated heterocycles. The molecular formula is C17H25NO. The zero-order valence-electron chi connectivity index (χ0n) is 12.3. The molecule has 0 radical (unpaired) electrons. The second-order valence-electron chi connectivity index (χ2n) is 6.87. The molecule has 2 nitrogen and oxygen atoms in total. The second kappa shape index (κ2) is 4.82. The van der Waals surface area contributed by atoms with Crippen molar-refractivity contribution in [2.75, 3.05) is 6.54 Å². The fourth-order valence-electron chi connectivity index (χ4n) is 3.68. The van der Waals surface area contributed by atoms with Crippen LogP contribution >= 0.6 is 0 Å². The van der Waals surface area contributed by atoms with Crippen molar-refractivity contribution < 1.29 is 4.74 Å². The Kier molecular flexibility index (Phi) is 3.30. The van der Waals surface area contributed by atoms with Crippen LogP contribution < -0.4 is 10.1 Å². The quantitative estimate of drug-likeness (QED) is 0.888. The van der Waals surface area contributed by atoms with Crippen LogP contribution in [-0.4, -0.2) is 12.1 Å². The molecule has 0 aromatic heterocycles. The summed E-state index contributed by atoms with van der Waals surface area (Å²) in [5.41, 5.74) is 1.17. The molecule has 1 heterocycles. The van der Waals surface area contributed by atoms with Crippen LogP contribution in [0.4, 0.5) is 0 Å². The van der Waals surface area contributed by atoms with E-state index in [-0.39, 0.29) is 5.60 Å². The van der Waals surface area contributed by atoms with Crippen LogP contribution in [0.1, 0.15) is 51.6 Å². The number of fused-ring (bicyclic) bond motifs is 1. The lowest BCUT2D eigenvalue weighted by molar-refractivity contribution is 0.0945. The Bertz CT molecular complexity index is 454. The van der Waals surface area contributed by atoms with E-state index in [0.29, 0.717) is 6.04 Å².